The molecule has 0 aliphatic carbocycles. The Balaban J connectivity index is 3.28. The molecule has 0 spiro atoms. The first-order valence-electron chi connectivity index (χ1n) is 5.67. The lowest BCUT2D eigenvalue weighted by atomic mass is 10.1. The molecule has 0 radical (unpaired) electrons. The molecule has 0 aliphatic rings. The Morgan fingerprint density at radius 2 is 1.89 bits per heavy atom. The topological polar surface area (TPSA) is 68.6 Å². The van der Waals surface area contributed by atoms with Crippen molar-refractivity contribution >= 4 is 12.0 Å². The molecule has 0 saturated heterocycles. The Morgan fingerprint density at radius 1 is 1.32 bits per heavy atom. The molecule has 0 amide bonds. The van der Waals surface area contributed by atoms with Crippen LogP contribution in [0.15, 0.2) is 23.8 Å². The molecule has 100 valence electrons. The molecule has 5 heteroatoms. The van der Waals surface area contributed by atoms with Crippen LogP contribution in [0.5, 0.6) is 11.5 Å². The first-order chi connectivity index (χ1) is 9.17. The predicted octanol–water partition coefficient (Wildman–Crippen LogP) is 2.17. The van der Waals surface area contributed by atoms with Crippen LogP contribution in [0.3, 0.4) is 0 Å². The van der Waals surface area contributed by atoms with Crippen molar-refractivity contribution < 1.29 is 19.0 Å². The number of rotatable bonds is 5. The van der Waals surface area contributed by atoms with E-state index in [1.165, 1.54) is 20.3 Å². The third-order valence-electron chi connectivity index (χ3n) is 2.37. The smallest absolute Gasteiger partial charge is 0.348 e. The lowest BCUT2D eigenvalue weighted by Gasteiger charge is -2.10. The average molecular weight is 261 g/mol. The number of nitriles is 1. The summed E-state index contributed by atoms with van der Waals surface area (Å²) in [6, 6.07) is 7.00. The summed E-state index contributed by atoms with van der Waals surface area (Å²) in [5, 5.41) is 9.01. The number of methoxy groups -OCH3 is 2. The molecule has 0 bridgehead atoms. The molecule has 1 rings (SSSR count). The van der Waals surface area contributed by atoms with Gasteiger partial charge in [0.1, 0.15) is 23.1 Å². The van der Waals surface area contributed by atoms with Crippen LogP contribution in [0, 0.1) is 11.3 Å². The normalized spacial score (nSPS) is 10.5. The maximum atomic E-state index is 11.6. The van der Waals surface area contributed by atoms with Crippen molar-refractivity contribution in [2.75, 3.05) is 20.8 Å². The van der Waals surface area contributed by atoms with Gasteiger partial charge in [-0.15, -0.1) is 0 Å². The molecule has 0 N–H and O–H groups in total. The van der Waals surface area contributed by atoms with Crippen molar-refractivity contribution in [3.05, 3.63) is 29.3 Å². The monoisotopic (exact) mass is 261 g/mol. The summed E-state index contributed by atoms with van der Waals surface area (Å²) in [6.07, 6.45) is 1.40. The number of hydrogen-bond acceptors (Lipinski definition) is 5. The van der Waals surface area contributed by atoms with E-state index in [2.05, 4.69) is 0 Å². The van der Waals surface area contributed by atoms with Gasteiger partial charge in [-0.2, -0.15) is 5.26 Å². The van der Waals surface area contributed by atoms with E-state index in [9.17, 15) is 4.79 Å². The summed E-state index contributed by atoms with van der Waals surface area (Å²) in [6.45, 7) is 1.89. The minimum absolute atomic E-state index is 0.107. The average Bonchev–Trinajstić information content (AvgIpc) is 2.44. The van der Waals surface area contributed by atoms with Gasteiger partial charge >= 0.3 is 5.97 Å². The highest BCUT2D eigenvalue weighted by Crippen LogP contribution is 2.30. The highest BCUT2D eigenvalue weighted by molar-refractivity contribution is 5.98. The molecule has 0 atom stereocenters. The van der Waals surface area contributed by atoms with Crippen molar-refractivity contribution in [1.29, 1.82) is 5.26 Å². The number of esters is 1. The fourth-order valence-electron chi connectivity index (χ4n) is 1.51. The van der Waals surface area contributed by atoms with Crippen LogP contribution < -0.4 is 9.47 Å². The largest absolute Gasteiger partial charge is 0.496 e. The summed E-state index contributed by atoms with van der Waals surface area (Å²) >= 11 is 0. The maximum absolute atomic E-state index is 11.6. The van der Waals surface area contributed by atoms with Gasteiger partial charge in [-0.3, -0.25) is 0 Å². The van der Waals surface area contributed by atoms with E-state index in [4.69, 9.17) is 19.5 Å². The Bertz CT molecular complexity index is 506. The van der Waals surface area contributed by atoms with E-state index in [1.807, 2.05) is 6.07 Å². The van der Waals surface area contributed by atoms with Gasteiger partial charge in [-0.05, 0) is 25.1 Å². The Labute approximate surface area is 112 Å². The van der Waals surface area contributed by atoms with Gasteiger partial charge in [0.05, 0.1) is 26.4 Å². The van der Waals surface area contributed by atoms with Crippen LogP contribution in [-0.4, -0.2) is 26.8 Å². The van der Waals surface area contributed by atoms with Gasteiger partial charge in [0.2, 0.25) is 0 Å². The van der Waals surface area contributed by atoms with Crippen LogP contribution in [0.4, 0.5) is 0 Å². The number of carbonyl (C=O) groups excluding carboxylic acids is 1. The lowest BCUT2D eigenvalue weighted by molar-refractivity contribution is -0.137. The number of carbonyl (C=O) groups is 1. The highest BCUT2D eigenvalue weighted by atomic mass is 16.5. The summed E-state index contributed by atoms with van der Waals surface area (Å²) in [7, 11) is 3.01. The first-order valence-corrected chi connectivity index (χ1v) is 5.67. The van der Waals surface area contributed by atoms with Crippen LogP contribution >= 0.6 is 0 Å². The van der Waals surface area contributed by atoms with Crippen molar-refractivity contribution in [2.45, 2.75) is 6.92 Å². The van der Waals surface area contributed by atoms with Crippen LogP contribution in [-0.2, 0) is 9.53 Å². The Morgan fingerprint density at radius 3 is 2.32 bits per heavy atom. The molecule has 0 fully saturated rings. The van der Waals surface area contributed by atoms with Gasteiger partial charge in [-0.25, -0.2) is 4.79 Å². The van der Waals surface area contributed by atoms with Gasteiger partial charge in [0, 0.05) is 0 Å². The molecule has 19 heavy (non-hydrogen) atoms. The molecule has 1 aromatic carbocycles. The second-order valence-corrected chi connectivity index (χ2v) is 3.47. The fourth-order valence-corrected chi connectivity index (χ4v) is 1.51. The number of ether oxygens (including phenoxy) is 3. The molecular formula is C14H15NO4. The molecule has 0 aliphatic heterocycles. The van der Waals surface area contributed by atoms with Gasteiger partial charge in [0.25, 0.3) is 0 Å². The molecule has 1 aromatic rings. The second-order valence-electron chi connectivity index (χ2n) is 3.47. The number of nitrogens with zero attached hydrogens (tertiary/aromatic N) is 1. The van der Waals surface area contributed by atoms with Gasteiger partial charge in [-0.1, -0.05) is 6.07 Å². The number of hydrogen-bond donors (Lipinski definition) is 0. The summed E-state index contributed by atoms with van der Waals surface area (Å²) in [4.78, 5) is 11.6. The summed E-state index contributed by atoms with van der Waals surface area (Å²) in [5.41, 5.74) is 0.418. The van der Waals surface area contributed by atoms with E-state index in [0.717, 1.165) is 0 Å². The highest BCUT2D eigenvalue weighted by Gasteiger charge is 2.14. The van der Waals surface area contributed by atoms with Crippen LogP contribution in [0.2, 0.25) is 0 Å². The molecular weight excluding hydrogens is 246 g/mol. The summed E-state index contributed by atoms with van der Waals surface area (Å²) in [5.74, 6) is 0.353. The van der Waals surface area contributed by atoms with E-state index < -0.39 is 5.97 Å². The standard InChI is InChI=1S/C14H15NO4/c1-4-19-14(16)10(9-15)8-11-12(17-2)6-5-7-13(11)18-3/h5-8H,4H2,1-3H3. The minimum atomic E-state index is -0.669. The maximum Gasteiger partial charge on any atom is 0.348 e. The van der Waals surface area contributed by atoms with Crippen LogP contribution in [0.25, 0.3) is 6.08 Å². The zero-order valence-corrected chi connectivity index (χ0v) is 11.1. The van der Waals surface area contributed by atoms with Gasteiger partial charge < -0.3 is 14.2 Å². The second kappa shape index (κ2) is 7.07. The SMILES string of the molecule is CCOC(=O)C(C#N)=Cc1c(OC)cccc1OC. The van der Waals surface area contributed by atoms with Gasteiger partial charge in [0.15, 0.2) is 0 Å². The van der Waals surface area contributed by atoms with E-state index >= 15 is 0 Å². The third-order valence-corrected chi connectivity index (χ3v) is 2.37. The van der Waals surface area contributed by atoms with Crippen molar-refractivity contribution in [2.24, 2.45) is 0 Å². The molecule has 0 saturated carbocycles. The molecule has 5 nitrogen and oxygen atoms in total. The van der Waals surface area contributed by atoms with Crippen molar-refractivity contribution in [1.82, 2.24) is 0 Å². The quantitative estimate of drug-likeness (QED) is 0.461. The van der Waals surface area contributed by atoms with Crippen molar-refractivity contribution in [3.8, 4) is 17.6 Å². The van der Waals surface area contributed by atoms with Crippen LogP contribution in [0.1, 0.15) is 12.5 Å². The molecule has 0 aromatic heterocycles. The van der Waals surface area contributed by atoms with E-state index in [-0.39, 0.29) is 12.2 Å². The zero-order valence-electron chi connectivity index (χ0n) is 11.1. The summed E-state index contributed by atoms with van der Waals surface area (Å²) < 4.78 is 15.2. The predicted molar refractivity (Wildman–Crippen MR) is 69.8 cm³/mol. The first kappa shape index (κ1) is 14.6. The van der Waals surface area contributed by atoms with E-state index in [1.54, 1.807) is 25.1 Å². The Kier molecular flexibility index (Phi) is 5.42. The fraction of sp³-hybridized carbons (Fsp3) is 0.286. The lowest BCUT2D eigenvalue weighted by Crippen LogP contribution is -2.06. The molecule has 0 heterocycles. The van der Waals surface area contributed by atoms with E-state index in [0.29, 0.717) is 17.1 Å². The van der Waals surface area contributed by atoms with Crippen molar-refractivity contribution in [3.63, 3.8) is 0 Å². The molecule has 0 unspecified atom stereocenters. The number of benzene rings is 1. The zero-order chi connectivity index (χ0) is 14.3. The Hall–Kier alpha value is -2.48. The third kappa shape index (κ3) is 3.49. The minimum Gasteiger partial charge on any atom is -0.496 e.